The molecule has 0 aliphatic rings. The van der Waals surface area contributed by atoms with Gasteiger partial charge < -0.3 is 10.8 Å². The molecule has 0 aliphatic carbocycles. The molecule has 0 saturated carbocycles. The number of carboxylic acid groups (broad SMARTS) is 1. The highest BCUT2D eigenvalue weighted by Crippen LogP contribution is 2.22. The van der Waals surface area contributed by atoms with Crippen molar-refractivity contribution in [3.63, 3.8) is 0 Å². The molecular formula is C12H15NO5S. The van der Waals surface area contributed by atoms with E-state index in [1.807, 2.05) is 0 Å². The average Bonchev–Trinajstić information content (AvgIpc) is 2.28. The number of nitrogens with two attached hydrogens (primary N) is 1. The lowest BCUT2D eigenvalue weighted by atomic mass is 10.1. The summed E-state index contributed by atoms with van der Waals surface area (Å²) in [5.41, 5.74) is 5.60. The summed E-state index contributed by atoms with van der Waals surface area (Å²) in [5.74, 6) is -2.55. The summed E-state index contributed by atoms with van der Waals surface area (Å²) in [6, 6.07) is 5.80. The average molecular weight is 285 g/mol. The van der Waals surface area contributed by atoms with Crippen molar-refractivity contribution in [1.29, 1.82) is 0 Å². The Kier molecular flexibility index (Phi) is 4.00. The summed E-state index contributed by atoms with van der Waals surface area (Å²) >= 11 is 0. The molecule has 0 spiro atoms. The van der Waals surface area contributed by atoms with Crippen molar-refractivity contribution < 1.29 is 23.1 Å². The first kappa shape index (κ1) is 15.2. The summed E-state index contributed by atoms with van der Waals surface area (Å²) in [6.45, 7) is 2.26. The summed E-state index contributed by atoms with van der Waals surface area (Å²) < 4.78 is 22.2. The van der Waals surface area contributed by atoms with Gasteiger partial charge in [0.15, 0.2) is 14.6 Å². The number of sulfone groups is 1. The van der Waals surface area contributed by atoms with Crippen molar-refractivity contribution in [3.8, 4) is 0 Å². The van der Waals surface area contributed by atoms with E-state index < -0.39 is 32.2 Å². The molecule has 1 aromatic carbocycles. The van der Waals surface area contributed by atoms with E-state index in [2.05, 4.69) is 0 Å². The zero-order valence-electron chi connectivity index (χ0n) is 10.6. The predicted octanol–water partition coefficient (Wildman–Crippen LogP) is 0.564. The molecule has 0 aliphatic heterocycles. The molecule has 1 amide bonds. The summed E-state index contributed by atoms with van der Waals surface area (Å²) in [4.78, 5) is 22.0. The van der Waals surface area contributed by atoms with E-state index >= 15 is 0 Å². The molecule has 104 valence electrons. The van der Waals surface area contributed by atoms with Crippen LogP contribution in [0.1, 0.15) is 29.8 Å². The molecule has 0 aromatic heterocycles. The smallest absolute Gasteiger partial charge is 0.324 e. The van der Waals surface area contributed by atoms with Crippen LogP contribution in [-0.2, 0) is 20.4 Å². The van der Waals surface area contributed by atoms with Crippen LogP contribution in [-0.4, -0.2) is 30.1 Å². The number of primary amides is 1. The third-order valence-corrected chi connectivity index (χ3v) is 5.30. The number of aliphatic carboxylic acids is 1. The van der Waals surface area contributed by atoms with Gasteiger partial charge in [0.2, 0.25) is 5.91 Å². The van der Waals surface area contributed by atoms with Gasteiger partial charge in [0.1, 0.15) is 0 Å². The number of carboxylic acids is 1. The molecule has 0 bridgehead atoms. The normalized spacial score (nSPS) is 12.1. The first-order valence-electron chi connectivity index (χ1n) is 5.42. The molecule has 0 radical (unpaired) electrons. The fourth-order valence-electron chi connectivity index (χ4n) is 1.35. The van der Waals surface area contributed by atoms with Crippen molar-refractivity contribution >= 4 is 21.7 Å². The first-order chi connectivity index (χ1) is 8.58. The predicted molar refractivity (Wildman–Crippen MR) is 69.3 cm³/mol. The topological polar surface area (TPSA) is 115 Å². The standard InChI is InChI=1S/C12H15NO5S/c1-12(2,11(15)16)19(17,18)7-8-4-3-5-9(6-8)10(13)14/h3-6H,7H2,1-2H3,(H2,13,14)(H,15,16). The van der Waals surface area contributed by atoms with Crippen LogP contribution in [0.25, 0.3) is 0 Å². The molecule has 0 heterocycles. The number of benzene rings is 1. The van der Waals surface area contributed by atoms with Crippen molar-refractivity contribution in [2.24, 2.45) is 5.73 Å². The molecule has 0 unspecified atom stereocenters. The van der Waals surface area contributed by atoms with Crippen LogP contribution < -0.4 is 5.73 Å². The zero-order valence-corrected chi connectivity index (χ0v) is 11.4. The molecular weight excluding hydrogens is 270 g/mol. The van der Waals surface area contributed by atoms with Gasteiger partial charge >= 0.3 is 5.97 Å². The largest absolute Gasteiger partial charge is 0.480 e. The molecule has 3 N–H and O–H groups in total. The minimum atomic E-state index is -3.91. The third-order valence-electron chi connectivity index (χ3n) is 2.86. The number of hydrogen-bond acceptors (Lipinski definition) is 4. The maximum Gasteiger partial charge on any atom is 0.324 e. The van der Waals surface area contributed by atoms with Crippen LogP contribution in [0.4, 0.5) is 0 Å². The Morgan fingerprint density at radius 2 is 1.89 bits per heavy atom. The molecule has 0 atom stereocenters. The highest BCUT2D eigenvalue weighted by molar-refractivity contribution is 7.92. The van der Waals surface area contributed by atoms with E-state index in [9.17, 15) is 18.0 Å². The summed E-state index contributed by atoms with van der Waals surface area (Å²) in [6.07, 6.45) is 0. The monoisotopic (exact) mass is 285 g/mol. The SMILES string of the molecule is CC(C)(C(=O)O)S(=O)(=O)Cc1cccc(C(N)=O)c1. The van der Waals surface area contributed by atoms with Gasteiger partial charge in [0.25, 0.3) is 0 Å². The minimum Gasteiger partial charge on any atom is -0.480 e. The van der Waals surface area contributed by atoms with Crippen molar-refractivity contribution in [1.82, 2.24) is 0 Å². The number of amides is 1. The van der Waals surface area contributed by atoms with Crippen LogP contribution in [0.3, 0.4) is 0 Å². The Morgan fingerprint density at radius 1 is 1.32 bits per heavy atom. The molecule has 19 heavy (non-hydrogen) atoms. The lowest BCUT2D eigenvalue weighted by Gasteiger charge is -2.19. The van der Waals surface area contributed by atoms with Gasteiger partial charge in [-0.25, -0.2) is 8.42 Å². The lowest BCUT2D eigenvalue weighted by molar-refractivity contribution is -0.139. The summed E-state index contributed by atoms with van der Waals surface area (Å²) in [5, 5.41) is 8.94. The number of rotatable bonds is 5. The van der Waals surface area contributed by atoms with Gasteiger partial charge in [-0.1, -0.05) is 12.1 Å². The second-order valence-corrected chi connectivity index (χ2v) is 7.18. The van der Waals surface area contributed by atoms with Gasteiger partial charge in [-0.2, -0.15) is 0 Å². The fraction of sp³-hybridized carbons (Fsp3) is 0.333. The molecule has 6 nitrogen and oxygen atoms in total. The Labute approximate surface area is 111 Å². The van der Waals surface area contributed by atoms with Crippen molar-refractivity contribution in [3.05, 3.63) is 35.4 Å². The van der Waals surface area contributed by atoms with Gasteiger partial charge in [0.05, 0.1) is 5.75 Å². The molecule has 0 fully saturated rings. The van der Waals surface area contributed by atoms with E-state index in [4.69, 9.17) is 10.8 Å². The highest BCUT2D eigenvalue weighted by atomic mass is 32.2. The van der Waals surface area contributed by atoms with Crippen LogP contribution in [0.15, 0.2) is 24.3 Å². The molecule has 0 saturated heterocycles. The van der Waals surface area contributed by atoms with Crippen molar-refractivity contribution in [2.45, 2.75) is 24.3 Å². The summed E-state index contributed by atoms with van der Waals surface area (Å²) in [7, 11) is -3.91. The molecule has 7 heteroatoms. The van der Waals surface area contributed by atoms with Crippen LogP contribution >= 0.6 is 0 Å². The highest BCUT2D eigenvalue weighted by Gasteiger charge is 2.41. The Morgan fingerprint density at radius 3 is 2.37 bits per heavy atom. The van der Waals surface area contributed by atoms with Gasteiger partial charge in [-0.3, -0.25) is 9.59 Å². The fourth-order valence-corrected chi connectivity index (χ4v) is 2.59. The van der Waals surface area contributed by atoms with Crippen LogP contribution in [0, 0.1) is 0 Å². The van der Waals surface area contributed by atoms with Gasteiger partial charge in [0, 0.05) is 5.56 Å². The lowest BCUT2D eigenvalue weighted by Crippen LogP contribution is -2.41. The van der Waals surface area contributed by atoms with E-state index in [0.29, 0.717) is 5.56 Å². The minimum absolute atomic E-state index is 0.181. The number of hydrogen-bond donors (Lipinski definition) is 2. The maximum absolute atomic E-state index is 12.0. The first-order valence-corrected chi connectivity index (χ1v) is 7.07. The number of carbonyl (C=O) groups is 2. The van der Waals surface area contributed by atoms with E-state index in [1.165, 1.54) is 24.3 Å². The van der Waals surface area contributed by atoms with Crippen molar-refractivity contribution in [2.75, 3.05) is 0 Å². The second-order valence-electron chi connectivity index (χ2n) is 4.64. The maximum atomic E-state index is 12.0. The number of carbonyl (C=O) groups excluding carboxylic acids is 1. The Balaban J connectivity index is 3.13. The van der Waals surface area contributed by atoms with E-state index in [0.717, 1.165) is 13.8 Å². The van der Waals surface area contributed by atoms with E-state index in [1.54, 1.807) is 0 Å². The van der Waals surface area contributed by atoms with Crippen LogP contribution in [0.5, 0.6) is 0 Å². The quantitative estimate of drug-likeness (QED) is 0.820. The molecule has 1 aromatic rings. The second kappa shape index (κ2) is 5.00. The van der Waals surface area contributed by atoms with E-state index in [-0.39, 0.29) is 5.56 Å². The molecule has 1 rings (SSSR count). The Hall–Kier alpha value is -1.89. The van der Waals surface area contributed by atoms with Gasteiger partial charge in [-0.15, -0.1) is 0 Å². The Bertz CT molecular complexity index is 619. The van der Waals surface area contributed by atoms with Gasteiger partial charge in [-0.05, 0) is 31.5 Å². The van der Waals surface area contributed by atoms with Crippen LogP contribution in [0.2, 0.25) is 0 Å². The third kappa shape index (κ3) is 3.11. The zero-order chi connectivity index (χ0) is 14.8.